The SMILES string of the molecule is Cn1ccc(CNc2c(N)cncc2Br)n1. The van der Waals surface area contributed by atoms with Crippen molar-refractivity contribution in [3.8, 4) is 0 Å². The molecule has 2 rings (SSSR count). The molecule has 0 aliphatic rings. The molecule has 0 unspecified atom stereocenters. The minimum Gasteiger partial charge on any atom is -0.396 e. The predicted octanol–water partition coefficient (Wildman–Crippen LogP) is 1.77. The molecule has 0 saturated carbocycles. The molecule has 0 saturated heterocycles. The van der Waals surface area contributed by atoms with Crippen LogP contribution < -0.4 is 11.1 Å². The van der Waals surface area contributed by atoms with Crippen LogP contribution in [-0.2, 0) is 13.6 Å². The van der Waals surface area contributed by atoms with E-state index in [-0.39, 0.29) is 0 Å². The third-order valence-corrected chi connectivity index (χ3v) is 2.75. The quantitative estimate of drug-likeness (QED) is 0.900. The van der Waals surface area contributed by atoms with Gasteiger partial charge in [-0.2, -0.15) is 5.10 Å². The summed E-state index contributed by atoms with van der Waals surface area (Å²) in [5, 5.41) is 7.49. The molecule has 0 aliphatic carbocycles. The van der Waals surface area contributed by atoms with Crippen molar-refractivity contribution in [1.82, 2.24) is 14.8 Å². The number of halogens is 1. The van der Waals surface area contributed by atoms with E-state index in [1.165, 1.54) is 0 Å². The maximum Gasteiger partial charge on any atom is 0.0815 e. The van der Waals surface area contributed by atoms with Crippen molar-refractivity contribution in [1.29, 1.82) is 0 Å². The van der Waals surface area contributed by atoms with Gasteiger partial charge in [-0.15, -0.1) is 0 Å². The largest absolute Gasteiger partial charge is 0.396 e. The van der Waals surface area contributed by atoms with Crippen LogP contribution >= 0.6 is 15.9 Å². The Morgan fingerprint density at radius 3 is 2.94 bits per heavy atom. The lowest BCUT2D eigenvalue weighted by atomic mass is 10.3. The summed E-state index contributed by atoms with van der Waals surface area (Å²) in [6, 6.07) is 1.96. The zero-order valence-electron chi connectivity index (χ0n) is 8.81. The lowest BCUT2D eigenvalue weighted by molar-refractivity contribution is 0.747. The van der Waals surface area contributed by atoms with Gasteiger partial charge in [-0.1, -0.05) is 0 Å². The number of anilines is 2. The highest BCUT2D eigenvalue weighted by Crippen LogP contribution is 2.27. The first-order valence-corrected chi connectivity index (χ1v) is 5.57. The molecule has 0 aromatic carbocycles. The second-order valence-corrected chi connectivity index (χ2v) is 4.27. The number of nitrogens with one attached hydrogen (secondary N) is 1. The van der Waals surface area contributed by atoms with E-state index < -0.39 is 0 Å². The molecule has 0 spiro atoms. The van der Waals surface area contributed by atoms with Crippen LogP contribution in [0.4, 0.5) is 11.4 Å². The number of nitrogens with zero attached hydrogens (tertiary/aromatic N) is 3. The van der Waals surface area contributed by atoms with E-state index in [9.17, 15) is 0 Å². The molecule has 2 aromatic heterocycles. The number of rotatable bonds is 3. The Bertz CT molecular complexity index is 473. The number of aryl methyl sites for hydroxylation is 1. The summed E-state index contributed by atoms with van der Waals surface area (Å²) in [4.78, 5) is 3.97. The molecule has 0 bridgehead atoms. The molecule has 0 atom stereocenters. The number of hydrogen-bond acceptors (Lipinski definition) is 4. The highest BCUT2D eigenvalue weighted by molar-refractivity contribution is 9.10. The van der Waals surface area contributed by atoms with E-state index in [1.807, 2.05) is 19.3 Å². The minimum atomic E-state index is 0.616. The van der Waals surface area contributed by atoms with Crippen LogP contribution in [-0.4, -0.2) is 14.8 Å². The molecule has 6 heteroatoms. The second kappa shape index (κ2) is 4.52. The second-order valence-electron chi connectivity index (χ2n) is 3.42. The summed E-state index contributed by atoms with van der Waals surface area (Å²) in [7, 11) is 1.89. The summed E-state index contributed by atoms with van der Waals surface area (Å²) in [6.07, 6.45) is 5.23. The third-order valence-electron chi connectivity index (χ3n) is 2.14. The Hall–Kier alpha value is -1.56. The van der Waals surface area contributed by atoms with Gasteiger partial charge in [0.1, 0.15) is 0 Å². The van der Waals surface area contributed by atoms with Gasteiger partial charge in [-0.25, -0.2) is 0 Å². The summed E-state index contributed by atoms with van der Waals surface area (Å²) in [6.45, 7) is 0.633. The van der Waals surface area contributed by atoms with Gasteiger partial charge in [0.05, 0.1) is 34.3 Å². The fourth-order valence-corrected chi connectivity index (χ4v) is 1.86. The number of aromatic nitrogens is 3. The summed E-state index contributed by atoms with van der Waals surface area (Å²) < 4.78 is 2.62. The Morgan fingerprint density at radius 2 is 2.31 bits per heavy atom. The average Bonchev–Trinajstić information content (AvgIpc) is 2.63. The molecule has 3 N–H and O–H groups in total. The fourth-order valence-electron chi connectivity index (χ4n) is 1.37. The Kier molecular flexibility index (Phi) is 3.09. The molecule has 0 amide bonds. The first-order chi connectivity index (χ1) is 7.66. The van der Waals surface area contributed by atoms with Crippen molar-refractivity contribution in [3.05, 3.63) is 34.8 Å². The number of nitrogens with two attached hydrogens (primary N) is 1. The highest BCUT2D eigenvalue weighted by Gasteiger charge is 2.04. The van der Waals surface area contributed by atoms with Gasteiger partial charge in [-0.3, -0.25) is 9.67 Å². The van der Waals surface area contributed by atoms with Crippen LogP contribution in [0.25, 0.3) is 0 Å². The smallest absolute Gasteiger partial charge is 0.0815 e. The molecule has 84 valence electrons. The minimum absolute atomic E-state index is 0.616. The average molecular weight is 282 g/mol. The van der Waals surface area contributed by atoms with E-state index >= 15 is 0 Å². The van der Waals surface area contributed by atoms with Gasteiger partial charge in [0.2, 0.25) is 0 Å². The molecule has 2 heterocycles. The third kappa shape index (κ3) is 2.33. The van der Waals surface area contributed by atoms with Crippen molar-refractivity contribution in [2.45, 2.75) is 6.54 Å². The molecule has 5 nitrogen and oxygen atoms in total. The molecule has 16 heavy (non-hydrogen) atoms. The Balaban J connectivity index is 2.10. The Labute approximate surface area is 102 Å². The molecule has 0 aliphatic heterocycles. The van der Waals surface area contributed by atoms with E-state index in [2.05, 4.69) is 31.3 Å². The van der Waals surface area contributed by atoms with Crippen LogP contribution in [0.5, 0.6) is 0 Å². The van der Waals surface area contributed by atoms with Crippen LogP contribution in [0.3, 0.4) is 0 Å². The molecule has 2 aromatic rings. The number of pyridine rings is 1. The van der Waals surface area contributed by atoms with E-state index in [0.29, 0.717) is 12.2 Å². The van der Waals surface area contributed by atoms with Crippen LogP contribution in [0.15, 0.2) is 29.1 Å². The first kappa shape index (κ1) is 10.9. The summed E-state index contributed by atoms with van der Waals surface area (Å²) in [5.41, 5.74) is 8.24. The summed E-state index contributed by atoms with van der Waals surface area (Å²) >= 11 is 3.40. The van der Waals surface area contributed by atoms with Crippen molar-refractivity contribution < 1.29 is 0 Å². The molecular weight excluding hydrogens is 270 g/mol. The fraction of sp³-hybridized carbons (Fsp3) is 0.200. The van der Waals surface area contributed by atoms with Gasteiger partial charge in [0.15, 0.2) is 0 Å². The predicted molar refractivity (Wildman–Crippen MR) is 66.9 cm³/mol. The molecule has 0 fully saturated rings. The lowest BCUT2D eigenvalue weighted by Gasteiger charge is -2.09. The maximum atomic E-state index is 5.81. The zero-order chi connectivity index (χ0) is 11.5. The van der Waals surface area contributed by atoms with Crippen molar-refractivity contribution in [2.75, 3.05) is 11.1 Å². The van der Waals surface area contributed by atoms with Crippen LogP contribution in [0, 0.1) is 0 Å². The maximum absolute atomic E-state index is 5.81. The van der Waals surface area contributed by atoms with Crippen LogP contribution in [0.2, 0.25) is 0 Å². The van der Waals surface area contributed by atoms with Gasteiger partial charge >= 0.3 is 0 Å². The van der Waals surface area contributed by atoms with Crippen LogP contribution in [0.1, 0.15) is 5.69 Å². The monoisotopic (exact) mass is 281 g/mol. The van der Waals surface area contributed by atoms with E-state index in [1.54, 1.807) is 17.1 Å². The van der Waals surface area contributed by atoms with Crippen molar-refractivity contribution in [2.24, 2.45) is 7.05 Å². The molecular formula is C10H12BrN5. The number of hydrogen-bond donors (Lipinski definition) is 2. The standard InChI is InChI=1S/C10H12BrN5/c1-16-3-2-7(15-16)4-14-10-8(11)5-13-6-9(10)12/h2-3,5-6H,4,12H2,1H3,(H,13,14). The summed E-state index contributed by atoms with van der Waals surface area (Å²) in [5.74, 6) is 0. The van der Waals surface area contributed by atoms with Gasteiger partial charge in [0, 0.05) is 19.4 Å². The normalized spacial score (nSPS) is 10.4. The molecule has 0 radical (unpaired) electrons. The zero-order valence-corrected chi connectivity index (χ0v) is 10.4. The van der Waals surface area contributed by atoms with Gasteiger partial charge < -0.3 is 11.1 Å². The van der Waals surface area contributed by atoms with Crippen molar-refractivity contribution >= 4 is 27.3 Å². The van der Waals surface area contributed by atoms with Gasteiger partial charge in [0.25, 0.3) is 0 Å². The highest BCUT2D eigenvalue weighted by atomic mass is 79.9. The Morgan fingerprint density at radius 1 is 1.50 bits per heavy atom. The number of nitrogen functional groups attached to an aromatic ring is 1. The van der Waals surface area contributed by atoms with E-state index in [0.717, 1.165) is 15.9 Å². The van der Waals surface area contributed by atoms with Gasteiger partial charge in [-0.05, 0) is 22.0 Å². The lowest BCUT2D eigenvalue weighted by Crippen LogP contribution is -2.04. The van der Waals surface area contributed by atoms with Crippen molar-refractivity contribution in [3.63, 3.8) is 0 Å². The topological polar surface area (TPSA) is 68.8 Å². The van der Waals surface area contributed by atoms with E-state index in [4.69, 9.17) is 5.73 Å². The first-order valence-electron chi connectivity index (χ1n) is 4.78.